The van der Waals surface area contributed by atoms with Crippen LogP contribution in [-0.2, 0) is 13.2 Å². The average Bonchev–Trinajstić information content (AvgIpc) is 3.13. The maximum Gasteiger partial charge on any atom is 0.263 e. The van der Waals surface area contributed by atoms with Gasteiger partial charge in [0.05, 0.1) is 7.11 Å². The molecule has 0 spiro atoms. The van der Waals surface area contributed by atoms with Gasteiger partial charge in [0.1, 0.15) is 6.61 Å². The fourth-order valence-corrected chi connectivity index (χ4v) is 2.65. The van der Waals surface area contributed by atoms with E-state index in [1.54, 1.807) is 7.11 Å². The lowest BCUT2D eigenvalue weighted by Crippen LogP contribution is -2.07. The Morgan fingerprint density at radius 1 is 1.17 bits per heavy atom. The third-order valence-corrected chi connectivity index (χ3v) is 4.12. The van der Waals surface area contributed by atoms with Crippen molar-refractivity contribution in [2.24, 2.45) is 0 Å². The number of rotatable bonds is 7. The second kappa shape index (κ2) is 7.78. The first-order valence-electron chi connectivity index (χ1n) is 7.27. The summed E-state index contributed by atoms with van der Waals surface area (Å²) in [5, 5.41) is 16.8. The Kier molecular flexibility index (Phi) is 5.27. The molecular formula is C16H16BrN5O2. The number of nitrogens with zero attached hydrogens (tertiary/aromatic N) is 3. The molecule has 0 fully saturated rings. The van der Waals surface area contributed by atoms with Crippen LogP contribution in [0.1, 0.15) is 11.1 Å². The van der Waals surface area contributed by atoms with Crippen LogP contribution in [0.25, 0.3) is 0 Å². The Morgan fingerprint density at radius 3 is 2.71 bits per heavy atom. The average molecular weight is 390 g/mol. The number of aromatic amines is 1. The van der Waals surface area contributed by atoms with E-state index in [4.69, 9.17) is 9.47 Å². The van der Waals surface area contributed by atoms with Crippen molar-refractivity contribution < 1.29 is 9.47 Å². The number of H-pyrrole nitrogens is 1. The Labute approximate surface area is 147 Å². The van der Waals surface area contributed by atoms with E-state index >= 15 is 0 Å². The third-order valence-electron chi connectivity index (χ3n) is 3.38. The molecule has 0 saturated heterocycles. The van der Waals surface area contributed by atoms with Gasteiger partial charge in [0, 0.05) is 16.6 Å². The Morgan fingerprint density at radius 2 is 2.00 bits per heavy atom. The molecule has 0 bridgehead atoms. The monoisotopic (exact) mass is 389 g/mol. The molecule has 2 N–H and O–H groups in total. The topological polar surface area (TPSA) is 85.0 Å². The van der Waals surface area contributed by atoms with Crippen molar-refractivity contribution in [3.05, 3.63) is 58.1 Å². The lowest BCUT2D eigenvalue weighted by atomic mass is 10.1. The standard InChI is InChI=1S/C16H16BrN5O2/c1-23-14-8-7-13(17)12(9-18-16-19-21-22-20-16)15(14)24-10-11-5-3-2-4-6-11/h2-8H,9-10H2,1H3,(H2,18,19,20,21,22). The first kappa shape index (κ1) is 16.3. The van der Waals surface area contributed by atoms with Gasteiger partial charge in [-0.25, -0.2) is 0 Å². The maximum atomic E-state index is 6.04. The summed E-state index contributed by atoms with van der Waals surface area (Å²) in [6, 6.07) is 13.8. The zero-order valence-electron chi connectivity index (χ0n) is 13.0. The number of ether oxygens (including phenoxy) is 2. The Balaban J connectivity index is 1.82. The van der Waals surface area contributed by atoms with E-state index in [2.05, 4.69) is 41.9 Å². The van der Waals surface area contributed by atoms with E-state index in [0.717, 1.165) is 15.6 Å². The summed E-state index contributed by atoms with van der Waals surface area (Å²) < 4.78 is 12.4. The number of aromatic nitrogens is 4. The molecule has 0 atom stereocenters. The highest BCUT2D eigenvalue weighted by atomic mass is 79.9. The smallest absolute Gasteiger partial charge is 0.263 e. The first-order valence-corrected chi connectivity index (χ1v) is 8.06. The van der Waals surface area contributed by atoms with Crippen LogP contribution in [0, 0.1) is 0 Å². The van der Waals surface area contributed by atoms with Crippen molar-refractivity contribution in [2.75, 3.05) is 12.4 Å². The van der Waals surface area contributed by atoms with Gasteiger partial charge in [0.25, 0.3) is 5.95 Å². The van der Waals surface area contributed by atoms with Gasteiger partial charge in [-0.1, -0.05) is 51.4 Å². The number of hydrogen-bond acceptors (Lipinski definition) is 6. The molecule has 1 aromatic heterocycles. The molecule has 0 unspecified atom stereocenters. The van der Waals surface area contributed by atoms with E-state index in [-0.39, 0.29) is 0 Å². The van der Waals surface area contributed by atoms with Crippen molar-refractivity contribution in [2.45, 2.75) is 13.2 Å². The van der Waals surface area contributed by atoms with Crippen LogP contribution < -0.4 is 14.8 Å². The summed E-state index contributed by atoms with van der Waals surface area (Å²) in [7, 11) is 1.62. The molecule has 0 aliphatic rings. The molecule has 0 aliphatic heterocycles. The van der Waals surface area contributed by atoms with Crippen LogP contribution >= 0.6 is 15.9 Å². The van der Waals surface area contributed by atoms with Gasteiger partial charge < -0.3 is 14.8 Å². The van der Waals surface area contributed by atoms with Crippen molar-refractivity contribution in [1.29, 1.82) is 0 Å². The second-order valence-electron chi connectivity index (χ2n) is 4.92. The fourth-order valence-electron chi connectivity index (χ4n) is 2.20. The zero-order chi connectivity index (χ0) is 16.8. The van der Waals surface area contributed by atoms with Gasteiger partial charge in [-0.15, -0.1) is 5.10 Å². The van der Waals surface area contributed by atoms with Gasteiger partial charge in [0.15, 0.2) is 11.5 Å². The highest BCUT2D eigenvalue weighted by Gasteiger charge is 2.15. The fraction of sp³-hybridized carbons (Fsp3) is 0.188. The molecule has 24 heavy (non-hydrogen) atoms. The molecule has 3 rings (SSSR count). The molecule has 124 valence electrons. The van der Waals surface area contributed by atoms with Crippen LogP contribution in [0.15, 0.2) is 46.9 Å². The summed E-state index contributed by atoms with van der Waals surface area (Å²) in [6.07, 6.45) is 0. The molecule has 3 aromatic rings. The minimum Gasteiger partial charge on any atom is -0.493 e. The van der Waals surface area contributed by atoms with E-state index in [0.29, 0.717) is 30.6 Å². The predicted molar refractivity (Wildman–Crippen MR) is 93.0 cm³/mol. The quantitative estimate of drug-likeness (QED) is 0.645. The SMILES string of the molecule is COc1ccc(Br)c(CNc2nn[nH]n2)c1OCc1ccccc1. The Hall–Kier alpha value is -2.61. The number of hydrogen-bond donors (Lipinski definition) is 2. The number of methoxy groups -OCH3 is 1. The van der Waals surface area contributed by atoms with Crippen LogP contribution in [0.3, 0.4) is 0 Å². The molecule has 7 nitrogen and oxygen atoms in total. The molecule has 8 heteroatoms. The van der Waals surface area contributed by atoms with E-state index in [1.807, 2.05) is 42.5 Å². The molecule has 1 heterocycles. The van der Waals surface area contributed by atoms with E-state index in [9.17, 15) is 0 Å². The van der Waals surface area contributed by atoms with Gasteiger partial charge >= 0.3 is 0 Å². The predicted octanol–water partition coefficient (Wildman–Crippen LogP) is 3.16. The molecule has 0 aliphatic carbocycles. The van der Waals surface area contributed by atoms with Crippen LogP contribution in [0.4, 0.5) is 5.95 Å². The summed E-state index contributed by atoms with van der Waals surface area (Å²) in [5.74, 6) is 1.75. The minimum absolute atomic E-state index is 0.415. The van der Waals surface area contributed by atoms with Gasteiger partial charge in [0.2, 0.25) is 0 Å². The molecule has 0 amide bonds. The van der Waals surface area contributed by atoms with Gasteiger partial charge in [-0.3, -0.25) is 0 Å². The number of benzene rings is 2. The number of halogens is 1. The van der Waals surface area contributed by atoms with Crippen LogP contribution in [0.2, 0.25) is 0 Å². The largest absolute Gasteiger partial charge is 0.493 e. The lowest BCUT2D eigenvalue weighted by Gasteiger charge is -2.17. The molecule has 0 saturated carbocycles. The van der Waals surface area contributed by atoms with Crippen molar-refractivity contribution in [3.63, 3.8) is 0 Å². The van der Waals surface area contributed by atoms with Crippen molar-refractivity contribution in [3.8, 4) is 11.5 Å². The molecule has 2 aromatic carbocycles. The minimum atomic E-state index is 0.415. The van der Waals surface area contributed by atoms with Crippen LogP contribution in [0.5, 0.6) is 11.5 Å². The normalized spacial score (nSPS) is 10.4. The Bertz CT molecular complexity index is 781. The number of tetrazole rings is 1. The molecule has 0 radical (unpaired) electrons. The highest BCUT2D eigenvalue weighted by Crippen LogP contribution is 2.37. The summed E-state index contributed by atoms with van der Waals surface area (Å²) >= 11 is 3.56. The number of anilines is 1. The summed E-state index contributed by atoms with van der Waals surface area (Å²) in [4.78, 5) is 0. The third kappa shape index (κ3) is 3.83. The summed E-state index contributed by atoms with van der Waals surface area (Å²) in [5.41, 5.74) is 1.99. The van der Waals surface area contributed by atoms with E-state index < -0.39 is 0 Å². The van der Waals surface area contributed by atoms with Gasteiger partial charge in [-0.2, -0.15) is 5.21 Å². The summed E-state index contributed by atoms with van der Waals surface area (Å²) in [6.45, 7) is 0.907. The number of nitrogens with one attached hydrogen (secondary N) is 2. The second-order valence-corrected chi connectivity index (χ2v) is 5.77. The maximum absolute atomic E-state index is 6.04. The van der Waals surface area contributed by atoms with Crippen LogP contribution in [-0.4, -0.2) is 27.7 Å². The van der Waals surface area contributed by atoms with Gasteiger partial charge in [-0.05, 0) is 22.9 Å². The first-order chi connectivity index (χ1) is 11.8. The van der Waals surface area contributed by atoms with Crippen molar-refractivity contribution in [1.82, 2.24) is 20.6 Å². The lowest BCUT2D eigenvalue weighted by molar-refractivity contribution is 0.281. The molecular weight excluding hydrogens is 374 g/mol. The van der Waals surface area contributed by atoms with E-state index in [1.165, 1.54) is 0 Å². The highest BCUT2D eigenvalue weighted by molar-refractivity contribution is 9.10. The van der Waals surface area contributed by atoms with Crippen molar-refractivity contribution >= 4 is 21.9 Å². The zero-order valence-corrected chi connectivity index (χ0v) is 14.6.